The molecule has 0 saturated carbocycles. The first-order valence-electron chi connectivity index (χ1n) is 8.45. The Hall–Kier alpha value is -2.80. The Morgan fingerprint density at radius 2 is 1.70 bits per heavy atom. The molecule has 0 aliphatic carbocycles. The van der Waals surface area contributed by atoms with Gasteiger partial charge in [-0.2, -0.15) is 13.2 Å². The number of hydrogen-bond donors (Lipinski definition) is 1. The molecule has 0 aliphatic heterocycles. The molecule has 2 aromatic carbocycles. The lowest BCUT2D eigenvalue weighted by Gasteiger charge is -2.15. The zero-order valence-electron chi connectivity index (χ0n) is 15.7. The van der Waals surface area contributed by atoms with Crippen molar-refractivity contribution in [3.05, 3.63) is 79.5 Å². The van der Waals surface area contributed by atoms with Crippen molar-refractivity contribution in [1.82, 2.24) is 4.98 Å². The number of rotatable bonds is 6. The smallest absolute Gasteiger partial charge is 0.420 e. The second kappa shape index (κ2) is 9.21. The quantitative estimate of drug-likeness (QED) is 0.214. The lowest BCUT2D eigenvalue weighted by molar-refractivity contribution is -0.385. The minimum atomic E-state index is -4.97. The van der Waals surface area contributed by atoms with Crippen LogP contribution < -0.4 is 9.46 Å². The van der Waals surface area contributed by atoms with E-state index in [1.54, 1.807) is 0 Å². The lowest BCUT2D eigenvalue weighted by atomic mass is 10.1. The molecule has 8 nitrogen and oxygen atoms in total. The van der Waals surface area contributed by atoms with Gasteiger partial charge in [0, 0.05) is 18.3 Å². The summed E-state index contributed by atoms with van der Waals surface area (Å²) in [5.74, 6) is -1.09. The van der Waals surface area contributed by atoms with Crippen LogP contribution in [0.3, 0.4) is 0 Å². The zero-order valence-corrected chi connectivity index (χ0v) is 18.8. The molecule has 1 heterocycles. The number of alkyl halides is 3. The molecule has 15 heteroatoms. The highest BCUT2D eigenvalue weighted by atomic mass is 35.5. The molecule has 0 aliphatic rings. The summed E-state index contributed by atoms with van der Waals surface area (Å²) in [4.78, 5) is 13.2. The predicted octanol–water partition coefficient (Wildman–Crippen LogP) is 6.56. The Labute approximate surface area is 199 Å². The molecule has 0 unspecified atom stereocenters. The Kier molecular flexibility index (Phi) is 6.93. The number of hydrogen-bond acceptors (Lipinski definition) is 6. The summed E-state index contributed by atoms with van der Waals surface area (Å²) in [6, 6.07) is 6.10. The third kappa shape index (κ3) is 5.77. The van der Waals surface area contributed by atoms with Crippen molar-refractivity contribution in [2.24, 2.45) is 0 Å². The predicted molar refractivity (Wildman–Crippen MR) is 115 cm³/mol. The Balaban J connectivity index is 1.93. The van der Waals surface area contributed by atoms with Crippen LogP contribution in [0.5, 0.6) is 11.5 Å². The number of halogens is 6. The van der Waals surface area contributed by atoms with E-state index in [-0.39, 0.29) is 31.5 Å². The van der Waals surface area contributed by atoms with Gasteiger partial charge in [0.15, 0.2) is 5.15 Å². The number of nitrogens with zero attached hydrogens (tertiary/aromatic N) is 2. The standard InChI is InChI=1S/C18H9Cl3F3N3O5S/c19-9-5-14(17(21)25-8-9)26-33(30,31)11-2-4-16(13(20)7-11)32-15-3-1-10(27(28)29)6-12(15)18(22,23)24/h1-8,26H. The zero-order chi connectivity index (χ0) is 24.6. The summed E-state index contributed by atoms with van der Waals surface area (Å²) in [5.41, 5.74) is -2.31. The van der Waals surface area contributed by atoms with E-state index in [9.17, 15) is 31.7 Å². The third-order valence-electron chi connectivity index (χ3n) is 3.96. The van der Waals surface area contributed by atoms with E-state index in [4.69, 9.17) is 39.5 Å². The third-order valence-corrected chi connectivity index (χ3v) is 6.13. The number of sulfonamides is 1. The first-order valence-corrected chi connectivity index (χ1v) is 11.1. The summed E-state index contributed by atoms with van der Waals surface area (Å²) < 4.78 is 72.6. The van der Waals surface area contributed by atoms with E-state index in [1.165, 1.54) is 12.3 Å². The molecule has 1 aromatic heterocycles. The van der Waals surface area contributed by atoms with Crippen molar-refractivity contribution in [2.75, 3.05) is 4.72 Å². The van der Waals surface area contributed by atoms with Crippen LogP contribution in [0.4, 0.5) is 24.5 Å². The Morgan fingerprint density at radius 1 is 1.03 bits per heavy atom. The molecule has 174 valence electrons. The van der Waals surface area contributed by atoms with E-state index in [0.29, 0.717) is 6.07 Å². The van der Waals surface area contributed by atoms with E-state index in [0.717, 1.165) is 30.3 Å². The van der Waals surface area contributed by atoms with Gasteiger partial charge in [0.25, 0.3) is 15.7 Å². The van der Waals surface area contributed by atoms with Gasteiger partial charge in [-0.25, -0.2) is 13.4 Å². The summed E-state index contributed by atoms with van der Waals surface area (Å²) in [6.07, 6.45) is -3.76. The van der Waals surface area contributed by atoms with Crippen LogP contribution >= 0.6 is 34.8 Å². The molecule has 3 aromatic rings. The van der Waals surface area contributed by atoms with Crippen molar-refractivity contribution >= 4 is 56.2 Å². The molecule has 0 atom stereocenters. The second-order valence-corrected chi connectivity index (χ2v) is 9.11. The maximum absolute atomic E-state index is 13.3. The van der Waals surface area contributed by atoms with E-state index >= 15 is 0 Å². The van der Waals surface area contributed by atoms with E-state index < -0.39 is 38.1 Å². The molecule has 0 amide bonds. The number of anilines is 1. The number of nitro groups is 1. The lowest BCUT2D eigenvalue weighted by Crippen LogP contribution is -2.13. The SMILES string of the molecule is O=[N+]([O-])c1ccc(Oc2ccc(S(=O)(=O)Nc3cc(Cl)cnc3Cl)cc2Cl)c(C(F)(F)F)c1. The topological polar surface area (TPSA) is 111 Å². The van der Waals surface area contributed by atoms with Crippen LogP contribution in [-0.2, 0) is 16.2 Å². The molecular formula is C18H9Cl3F3N3O5S. The van der Waals surface area contributed by atoms with Gasteiger partial charge in [-0.05, 0) is 30.3 Å². The first kappa shape index (κ1) is 24.8. The van der Waals surface area contributed by atoms with Crippen molar-refractivity contribution in [3.8, 4) is 11.5 Å². The highest BCUT2D eigenvalue weighted by Crippen LogP contribution is 2.41. The fraction of sp³-hybridized carbons (Fsp3) is 0.0556. The van der Waals surface area contributed by atoms with Gasteiger partial charge in [0.1, 0.15) is 17.1 Å². The van der Waals surface area contributed by atoms with Crippen LogP contribution in [0.1, 0.15) is 5.56 Å². The van der Waals surface area contributed by atoms with Crippen molar-refractivity contribution in [1.29, 1.82) is 0 Å². The molecule has 0 saturated heterocycles. The molecular weight excluding hydrogens is 534 g/mol. The summed E-state index contributed by atoms with van der Waals surface area (Å²) in [6.45, 7) is 0. The van der Waals surface area contributed by atoms with Crippen LogP contribution in [0.15, 0.2) is 53.6 Å². The van der Waals surface area contributed by atoms with Gasteiger partial charge in [0.2, 0.25) is 0 Å². The minimum absolute atomic E-state index is 0.110. The summed E-state index contributed by atoms with van der Waals surface area (Å²) in [5, 5.41) is 10.4. The maximum Gasteiger partial charge on any atom is 0.420 e. The van der Waals surface area contributed by atoms with E-state index in [2.05, 4.69) is 9.71 Å². The van der Waals surface area contributed by atoms with Gasteiger partial charge >= 0.3 is 6.18 Å². The number of nitro benzene ring substituents is 1. The number of nitrogens with one attached hydrogen (secondary N) is 1. The molecule has 0 fully saturated rings. The number of aromatic nitrogens is 1. The van der Waals surface area contributed by atoms with Crippen molar-refractivity contribution in [3.63, 3.8) is 0 Å². The first-order chi connectivity index (χ1) is 15.3. The van der Waals surface area contributed by atoms with Crippen molar-refractivity contribution in [2.45, 2.75) is 11.1 Å². The fourth-order valence-corrected chi connectivity index (χ4v) is 4.22. The van der Waals surface area contributed by atoms with Crippen LogP contribution in [0.25, 0.3) is 0 Å². The van der Waals surface area contributed by atoms with Crippen molar-refractivity contribution < 1.29 is 31.2 Å². The number of pyridine rings is 1. The average molecular weight is 543 g/mol. The molecule has 3 rings (SSSR count). The maximum atomic E-state index is 13.3. The van der Waals surface area contributed by atoms with Crippen LogP contribution in [0, 0.1) is 10.1 Å². The Morgan fingerprint density at radius 3 is 2.30 bits per heavy atom. The number of ether oxygens (including phenoxy) is 1. The fourth-order valence-electron chi connectivity index (χ4n) is 2.49. The molecule has 0 bridgehead atoms. The van der Waals surface area contributed by atoms with Gasteiger partial charge in [-0.3, -0.25) is 14.8 Å². The molecule has 33 heavy (non-hydrogen) atoms. The summed E-state index contributed by atoms with van der Waals surface area (Å²) in [7, 11) is -4.24. The number of benzene rings is 2. The van der Waals surface area contributed by atoms with Crippen LogP contribution in [-0.4, -0.2) is 18.3 Å². The summed E-state index contributed by atoms with van der Waals surface area (Å²) >= 11 is 17.6. The van der Waals surface area contributed by atoms with E-state index in [1.807, 2.05) is 0 Å². The normalized spacial score (nSPS) is 11.8. The van der Waals surface area contributed by atoms with Crippen LogP contribution in [0.2, 0.25) is 15.2 Å². The Bertz CT molecular complexity index is 1350. The van der Waals surface area contributed by atoms with Gasteiger partial charge in [-0.15, -0.1) is 0 Å². The minimum Gasteiger partial charge on any atom is -0.455 e. The average Bonchev–Trinajstić information content (AvgIpc) is 2.71. The highest BCUT2D eigenvalue weighted by Gasteiger charge is 2.36. The molecule has 0 spiro atoms. The highest BCUT2D eigenvalue weighted by molar-refractivity contribution is 7.92. The molecule has 1 N–H and O–H groups in total. The van der Waals surface area contributed by atoms with Gasteiger partial charge in [-0.1, -0.05) is 34.8 Å². The second-order valence-electron chi connectivity index (χ2n) is 6.23. The number of non-ortho nitro benzene ring substituents is 1. The van der Waals surface area contributed by atoms with Gasteiger partial charge < -0.3 is 4.74 Å². The molecule has 0 radical (unpaired) electrons. The van der Waals surface area contributed by atoms with Gasteiger partial charge in [0.05, 0.1) is 25.6 Å². The largest absolute Gasteiger partial charge is 0.455 e. The monoisotopic (exact) mass is 541 g/mol.